The first kappa shape index (κ1) is 25.5. The summed E-state index contributed by atoms with van der Waals surface area (Å²) in [7, 11) is -6.11. The van der Waals surface area contributed by atoms with E-state index in [1.165, 1.54) is 0 Å². The number of rotatable bonds is 17. The minimum absolute atomic E-state index is 0.160. The second kappa shape index (κ2) is 14.6. The average molecular weight is 415 g/mol. The fraction of sp³-hybridized carbons (Fsp3) is 1.00. The van der Waals surface area contributed by atoms with Crippen LogP contribution in [-0.2, 0) is 26.6 Å². The van der Waals surface area contributed by atoms with Crippen LogP contribution >= 0.6 is 12.6 Å². The maximum Gasteiger partial charge on any atom is 0.508 e. The summed E-state index contributed by atoms with van der Waals surface area (Å²) in [5.41, 5.74) is 0. The Hall–Kier alpha value is 0.544. The minimum atomic E-state index is -3.06. The van der Waals surface area contributed by atoms with E-state index in [0.717, 1.165) is 18.6 Å². The summed E-state index contributed by atoms with van der Waals surface area (Å²) in [6.45, 7) is 14.8. The van der Waals surface area contributed by atoms with Gasteiger partial charge in [-0.3, -0.25) is 0 Å². The largest absolute Gasteiger partial charge is 0.508 e. The van der Waals surface area contributed by atoms with Crippen molar-refractivity contribution in [2.75, 3.05) is 45.4 Å². The first-order chi connectivity index (χ1) is 12.1. The Labute approximate surface area is 162 Å². The Morgan fingerprint density at radius 1 is 0.600 bits per heavy atom. The average Bonchev–Trinajstić information content (AvgIpc) is 2.56. The van der Waals surface area contributed by atoms with Gasteiger partial charge in [0.25, 0.3) is 0 Å². The van der Waals surface area contributed by atoms with Gasteiger partial charge in [0, 0.05) is 39.6 Å². The van der Waals surface area contributed by atoms with E-state index in [1.807, 2.05) is 41.5 Å². The van der Waals surface area contributed by atoms with Crippen LogP contribution in [0.5, 0.6) is 0 Å². The molecule has 25 heavy (non-hydrogen) atoms. The van der Waals surface area contributed by atoms with Crippen LogP contribution in [0.3, 0.4) is 0 Å². The van der Waals surface area contributed by atoms with E-state index in [2.05, 4.69) is 12.6 Å². The molecule has 0 saturated carbocycles. The second-order valence-electron chi connectivity index (χ2n) is 5.22. The van der Waals surface area contributed by atoms with E-state index in [0.29, 0.717) is 39.6 Å². The van der Waals surface area contributed by atoms with Crippen LogP contribution in [0.25, 0.3) is 0 Å². The smallest absolute Gasteiger partial charge is 0.374 e. The van der Waals surface area contributed by atoms with Crippen LogP contribution in [0.1, 0.15) is 54.4 Å². The van der Waals surface area contributed by atoms with Gasteiger partial charge < -0.3 is 26.6 Å². The normalized spacial score (nSPS) is 13.0. The molecule has 0 aliphatic rings. The van der Waals surface area contributed by atoms with Crippen molar-refractivity contribution in [1.29, 1.82) is 0 Å². The quantitative estimate of drug-likeness (QED) is 0.289. The molecule has 0 rings (SSSR count). The summed E-state index contributed by atoms with van der Waals surface area (Å²) in [6.07, 6.45) is 1.67. The molecule has 0 N–H and O–H groups in total. The van der Waals surface area contributed by atoms with Crippen LogP contribution < -0.4 is 0 Å². The molecular formula is C16H38O6SSi2. The highest BCUT2D eigenvalue weighted by atomic mass is 32.1. The third-order valence-electron chi connectivity index (χ3n) is 3.58. The van der Waals surface area contributed by atoms with Crippen molar-refractivity contribution < 1.29 is 26.6 Å². The lowest BCUT2D eigenvalue weighted by atomic mass is 10.4. The Morgan fingerprint density at radius 2 is 0.880 bits per heavy atom. The van der Waals surface area contributed by atoms with Crippen molar-refractivity contribution >= 4 is 30.2 Å². The zero-order valence-corrected chi connectivity index (χ0v) is 19.7. The fourth-order valence-corrected chi connectivity index (χ4v) is 11.6. The third-order valence-corrected chi connectivity index (χ3v) is 12.4. The van der Waals surface area contributed by atoms with Gasteiger partial charge in [0.05, 0.1) is 5.16 Å². The van der Waals surface area contributed by atoms with E-state index in [-0.39, 0.29) is 5.16 Å². The molecule has 0 aliphatic carbocycles. The molecule has 0 amide bonds. The van der Waals surface area contributed by atoms with Crippen LogP contribution in [0.2, 0.25) is 5.16 Å². The van der Waals surface area contributed by atoms with E-state index >= 15 is 0 Å². The highest BCUT2D eigenvalue weighted by Gasteiger charge is 2.65. The van der Waals surface area contributed by atoms with Gasteiger partial charge in [-0.2, -0.15) is 12.6 Å². The second-order valence-corrected chi connectivity index (χ2v) is 11.8. The maximum absolute atomic E-state index is 6.18. The van der Waals surface area contributed by atoms with Gasteiger partial charge in [0.15, 0.2) is 0 Å². The van der Waals surface area contributed by atoms with E-state index < -0.39 is 17.6 Å². The summed E-state index contributed by atoms with van der Waals surface area (Å²) in [5, 5.41) is -0.160. The van der Waals surface area contributed by atoms with Crippen LogP contribution in [-0.4, -0.2) is 63.0 Å². The Kier molecular flexibility index (Phi) is 14.9. The lowest BCUT2D eigenvalue weighted by Crippen LogP contribution is -2.64. The van der Waals surface area contributed by atoms with E-state index in [9.17, 15) is 0 Å². The predicted molar refractivity (Wildman–Crippen MR) is 108 cm³/mol. The molecule has 0 unspecified atom stereocenters. The highest BCUT2D eigenvalue weighted by molar-refractivity contribution is 7.80. The zero-order valence-electron chi connectivity index (χ0n) is 16.8. The Morgan fingerprint density at radius 3 is 1.08 bits per heavy atom. The molecular weight excluding hydrogens is 376 g/mol. The highest BCUT2D eigenvalue weighted by Crippen LogP contribution is 2.40. The van der Waals surface area contributed by atoms with Crippen molar-refractivity contribution in [2.24, 2.45) is 0 Å². The number of hydrogen-bond donors (Lipinski definition) is 1. The van der Waals surface area contributed by atoms with Gasteiger partial charge in [-0.05, 0) is 60.1 Å². The van der Waals surface area contributed by atoms with Gasteiger partial charge in [0.2, 0.25) is 0 Å². The summed E-state index contributed by atoms with van der Waals surface area (Å²) >= 11 is 4.39. The Balaban J connectivity index is 6.10. The molecule has 0 bridgehead atoms. The minimum Gasteiger partial charge on any atom is -0.374 e. The summed E-state index contributed by atoms with van der Waals surface area (Å²) in [4.78, 5) is 0. The van der Waals surface area contributed by atoms with Gasteiger partial charge >= 0.3 is 17.6 Å². The predicted octanol–water partition coefficient (Wildman–Crippen LogP) is 3.70. The Bertz CT molecular complexity index is 265. The molecule has 0 aromatic carbocycles. The number of hydrogen-bond acceptors (Lipinski definition) is 7. The number of thiol groups is 1. The molecule has 9 heteroatoms. The lowest BCUT2D eigenvalue weighted by Gasteiger charge is -2.42. The third kappa shape index (κ3) is 7.59. The molecule has 0 radical (unpaired) electrons. The molecule has 0 fully saturated rings. The molecule has 6 nitrogen and oxygen atoms in total. The lowest BCUT2D eigenvalue weighted by molar-refractivity contribution is 0.0313. The van der Waals surface area contributed by atoms with Crippen molar-refractivity contribution in [3.8, 4) is 0 Å². The molecule has 0 spiro atoms. The van der Waals surface area contributed by atoms with Gasteiger partial charge in [0.1, 0.15) is 0 Å². The zero-order chi connectivity index (χ0) is 19.2. The van der Waals surface area contributed by atoms with Crippen molar-refractivity contribution in [3.63, 3.8) is 0 Å². The molecule has 0 atom stereocenters. The summed E-state index contributed by atoms with van der Waals surface area (Å²) in [6, 6.07) is 0. The first-order valence-corrected chi connectivity index (χ1v) is 13.7. The van der Waals surface area contributed by atoms with Crippen molar-refractivity contribution in [1.82, 2.24) is 0 Å². The summed E-state index contributed by atoms with van der Waals surface area (Å²) in [5.74, 6) is 0.764. The molecule has 0 aromatic heterocycles. The maximum atomic E-state index is 6.18. The molecule has 0 heterocycles. The molecule has 0 saturated heterocycles. The monoisotopic (exact) mass is 414 g/mol. The van der Waals surface area contributed by atoms with Gasteiger partial charge in [-0.1, -0.05) is 0 Å². The fourth-order valence-electron chi connectivity index (χ4n) is 2.93. The van der Waals surface area contributed by atoms with Gasteiger partial charge in [-0.25, -0.2) is 0 Å². The topological polar surface area (TPSA) is 55.4 Å². The van der Waals surface area contributed by atoms with Crippen LogP contribution in [0, 0.1) is 0 Å². The van der Waals surface area contributed by atoms with Crippen LogP contribution in [0.15, 0.2) is 0 Å². The SMILES string of the molecule is CCO[Si](OCC)(OCC)C(CCCS)[Si](OCC)(OCC)OCC. The molecule has 0 aromatic rings. The molecule has 0 aliphatic heterocycles. The summed E-state index contributed by atoms with van der Waals surface area (Å²) < 4.78 is 37.1. The van der Waals surface area contributed by atoms with Crippen molar-refractivity contribution in [3.05, 3.63) is 0 Å². The van der Waals surface area contributed by atoms with Gasteiger partial charge in [-0.15, -0.1) is 0 Å². The van der Waals surface area contributed by atoms with E-state index in [1.54, 1.807) is 0 Å². The standard InChI is InChI=1S/C16H38O6SSi2/c1-7-17-24(18-8-2,19-9-3)16(14-13-15-23)25(20-10-4,21-11-5)22-12-6/h16,23H,7-15H2,1-6H3. The van der Waals surface area contributed by atoms with E-state index in [4.69, 9.17) is 26.6 Å². The molecule has 152 valence electrons. The van der Waals surface area contributed by atoms with Crippen LogP contribution in [0.4, 0.5) is 0 Å². The van der Waals surface area contributed by atoms with Crippen molar-refractivity contribution in [2.45, 2.75) is 59.5 Å². The first-order valence-electron chi connectivity index (χ1n) is 9.50.